The van der Waals surface area contributed by atoms with E-state index in [1.807, 2.05) is 11.9 Å². The molecule has 0 bridgehead atoms. The van der Waals surface area contributed by atoms with Gasteiger partial charge in [0.1, 0.15) is 5.69 Å². The summed E-state index contributed by atoms with van der Waals surface area (Å²) < 4.78 is 0. The Hall–Kier alpha value is -3.28. The van der Waals surface area contributed by atoms with E-state index in [0.717, 1.165) is 45.4 Å². The summed E-state index contributed by atoms with van der Waals surface area (Å²) >= 11 is 11.6. The average Bonchev–Trinajstić information content (AvgIpc) is 2.90. The molecule has 2 aromatic rings. The summed E-state index contributed by atoms with van der Waals surface area (Å²) in [7, 11) is 2.02. The van der Waals surface area contributed by atoms with Crippen LogP contribution in [-0.4, -0.2) is 78.0 Å². The maximum Gasteiger partial charge on any atom is 0.293 e. The molecule has 0 radical (unpaired) electrons. The Balaban J connectivity index is 1.43. The van der Waals surface area contributed by atoms with Crippen molar-refractivity contribution in [2.75, 3.05) is 56.5 Å². The van der Waals surface area contributed by atoms with Gasteiger partial charge in [0.05, 0.1) is 15.6 Å². The topological polar surface area (TPSA) is 111 Å². The first-order valence-electron chi connectivity index (χ1n) is 12.2. The molecule has 2 N–H and O–H groups in total. The molecule has 12 heteroatoms. The number of rotatable bonds is 5. The van der Waals surface area contributed by atoms with Crippen molar-refractivity contribution in [3.8, 4) is 0 Å². The monoisotopic (exact) mass is 544 g/mol. The van der Waals surface area contributed by atoms with Gasteiger partial charge in [0, 0.05) is 56.5 Å². The molecule has 0 aliphatic carbocycles. The molecule has 2 amide bonds. The number of amides is 2. The number of nitrogens with zero attached hydrogens (tertiary/aromatic N) is 4. The van der Waals surface area contributed by atoms with E-state index in [9.17, 15) is 19.7 Å². The molecule has 196 valence electrons. The maximum atomic E-state index is 12.9. The molecular weight excluding hydrogens is 516 g/mol. The molecule has 4 rings (SSSR count). The number of hydrogen-bond donors (Lipinski definition) is 2. The second-order valence-electron chi connectivity index (χ2n) is 9.21. The van der Waals surface area contributed by atoms with E-state index >= 15 is 0 Å². The zero-order chi connectivity index (χ0) is 26.5. The zero-order valence-corrected chi connectivity index (χ0v) is 22.1. The lowest BCUT2D eigenvalue weighted by Gasteiger charge is -2.32. The minimum atomic E-state index is -0.591. The SMILES string of the molecule is CN1CCN(C(=O)c2ccc(Cl)c(NC(=S)NC(=O)c3ccc(N4CCCCC4)c([N+](=O)[O-])c3)c2)CC1. The van der Waals surface area contributed by atoms with Crippen molar-refractivity contribution in [2.45, 2.75) is 19.3 Å². The van der Waals surface area contributed by atoms with Crippen molar-refractivity contribution in [2.24, 2.45) is 0 Å². The molecule has 2 aliphatic rings. The molecule has 2 aliphatic heterocycles. The highest BCUT2D eigenvalue weighted by Gasteiger charge is 2.24. The Kier molecular flexibility index (Phi) is 8.57. The number of carbonyl (C=O) groups is 2. The lowest BCUT2D eigenvalue weighted by Crippen LogP contribution is -2.47. The second kappa shape index (κ2) is 11.8. The number of nitro benzene ring substituents is 1. The van der Waals surface area contributed by atoms with Crippen LogP contribution in [0.4, 0.5) is 17.1 Å². The van der Waals surface area contributed by atoms with Crippen LogP contribution in [0.25, 0.3) is 0 Å². The van der Waals surface area contributed by atoms with E-state index in [1.165, 1.54) is 6.07 Å². The van der Waals surface area contributed by atoms with Gasteiger partial charge < -0.3 is 20.0 Å². The Morgan fingerprint density at radius 1 is 0.973 bits per heavy atom. The molecule has 0 aromatic heterocycles. The van der Waals surface area contributed by atoms with Crippen molar-refractivity contribution in [1.29, 1.82) is 0 Å². The second-order valence-corrected chi connectivity index (χ2v) is 10.0. The smallest absolute Gasteiger partial charge is 0.293 e. The Morgan fingerprint density at radius 3 is 2.32 bits per heavy atom. The minimum absolute atomic E-state index is 0.0427. The highest BCUT2D eigenvalue weighted by molar-refractivity contribution is 7.80. The number of carbonyl (C=O) groups excluding carboxylic acids is 2. The van der Waals surface area contributed by atoms with Gasteiger partial charge in [-0.2, -0.15) is 0 Å². The van der Waals surface area contributed by atoms with E-state index in [1.54, 1.807) is 35.2 Å². The molecule has 0 atom stereocenters. The van der Waals surface area contributed by atoms with Crippen LogP contribution < -0.4 is 15.5 Å². The molecule has 0 saturated carbocycles. The first-order valence-corrected chi connectivity index (χ1v) is 12.9. The maximum absolute atomic E-state index is 12.9. The fraction of sp³-hybridized carbons (Fsp3) is 0.400. The fourth-order valence-electron chi connectivity index (χ4n) is 4.49. The molecule has 2 saturated heterocycles. The van der Waals surface area contributed by atoms with Gasteiger partial charge in [0.2, 0.25) is 0 Å². The van der Waals surface area contributed by atoms with Crippen LogP contribution in [0.1, 0.15) is 40.0 Å². The quantitative estimate of drug-likeness (QED) is 0.332. The summed E-state index contributed by atoms with van der Waals surface area (Å²) in [6, 6.07) is 9.28. The third kappa shape index (κ3) is 6.54. The molecule has 0 spiro atoms. The first-order chi connectivity index (χ1) is 17.7. The standard InChI is InChI=1S/C25H29ClN6O4S/c1-29-11-13-31(14-12-29)24(34)18-5-7-19(26)20(15-18)27-25(37)28-23(33)17-6-8-21(22(16-17)32(35)36)30-9-3-2-4-10-30/h5-8,15-16H,2-4,9-14H2,1H3,(H2,27,28,33,37). The van der Waals surface area contributed by atoms with E-state index in [4.69, 9.17) is 23.8 Å². The molecule has 37 heavy (non-hydrogen) atoms. The fourth-order valence-corrected chi connectivity index (χ4v) is 4.86. The van der Waals surface area contributed by atoms with Crippen LogP contribution in [0.2, 0.25) is 5.02 Å². The third-order valence-corrected chi connectivity index (χ3v) is 7.14. The van der Waals surface area contributed by atoms with Crippen LogP contribution >= 0.6 is 23.8 Å². The van der Waals surface area contributed by atoms with E-state index in [2.05, 4.69) is 15.5 Å². The summed E-state index contributed by atoms with van der Waals surface area (Å²) in [5.74, 6) is -0.699. The van der Waals surface area contributed by atoms with Gasteiger partial charge in [-0.05, 0) is 68.9 Å². The van der Waals surface area contributed by atoms with Gasteiger partial charge in [-0.25, -0.2) is 0 Å². The predicted octanol–water partition coefficient (Wildman–Crippen LogP) is 3.75. The average molecular weight is 545 g/mol. The minimum Gasteiger partial charge on any atom is -0.366 e. The lowest BCUT2D eigenvalue weighted by molar-refractivity contribution is -0.384. The van der Waals surface area contributed by atoms with Crippen molar-refractivity contribution in [1.82, 2.24) is 15.1 Å². The summed E-state index contributed by atoms with van der Waals surface area (Å²) in [6.45, 7) is 4.38. The predicted molar refractivity (Wildman–Crippen MR) is 148 cm³/mol. The number of nitro groups is 1. The van der Waals surface area contributed by atoms with Gasteiger partial charge in [-0.3, -0.25) is 25.0 Å². The molecule has 2 aromatic carbocycles. The normalized spacial score (nSPS) is 16.3. The van der Waals surface area contributed by atoms with Gasteiger partial charge in [-0.15, -0.1) is 0 Å². The number of piperidine rings is 1. The first kappa shape index (κ1) is 26.8. The van der Waals surface area contributed by atoms with Crippen LogP contribution in [0.15, 0.2) is 36.4 Å². The largest absolute Gasteiger partial charge is 0.366 e. The van der Waals surface area contributed by atoms with Gasteiger partial charge in [-0.1, -0.05) is 11.6 Å². The number of benzene rings is 2. The Labute approximate surface area is 225 Å². The van der Waals surface area contributed by atoms with Crippen LogP contribution in [0, 0.1) is 10.1 Å². The summed E-state index contributed by atoms with van der Waals surface area (Å²) in [4.78, 5) is 42.9. The van der Waals surface area contributed by atoms with Crippen molar-refractivity contribution < 1.29 is 14.5 Å². The molecule has 2 fully saturated rings. The van der Waals surface area contributed by atoms with E-state index in [-0.39, 0.29) is 22.3 Å². The number of nitrogens with one attached hydrogen (secondary N) is 2. The number of likely N-dealkylation sites (N-methyl/N-ethyl adjacent to an activating group) is 1. The van der Waals surface area contributed by atoms with Crippen molar-refractivity contribution in [3.63, 3.8) is 0 Å². The number of halogens is 1. The third-order valence-electron chi connectivity index (χ3n) is 6.61. The van der Waals surface area contributed by atoms with Crippen molar-refractivity contribution >= 4 is 57.8 Å². The molecule has 10 nitrogen and oxygen atoms in total. The number of anilines is 2. The van der Waals surface area contributed by atoms with Gasteiger partial charge in [0.15, 0.2) is 5.11 Å². The highest BCUT2D eigenvalue weighted by Crippen LogP contribution is 2.31. The Bertz CT molecular complexity index is 1210. The van der Waals surface area contributed by atoms with Crippen LogP contribution in [0.3, 0.4) is 0 Å². The Morgan fingerprint density at radius 2 is 1.65 bits per heavy atom. The number of piperazine rings is 1. The lowest BCUT2D eigenvalue weighted by atomic mass is 10.1. The van der Waals surface area contributed by atoms with Gasteiger partial charge >= 0.3 is 0 Å². The van der Waals surface area contributed by atoms with Gasteiger partial charge in [0.25, 0.3) is 17.5 Å². The molecule has 2 heterocycles. The van der Waals surface area contributed by atoms with E-state index in [0.29, 0.717) is 35.1 Å². The van der Waals surface area contributed by atoms with Crippen LogP contribution in [-0.2, 0) is 0 Å². The highest BCUT2D eigenvalue weighted by atomic mass is 35.5. The van der Waals surface area contributed by atoms with Crippen LogP contribution in [0.5, 0.6) is 0 Å². The molecular formula is C25H29ClN6O4S. The summed E-state index contributed by atoms with van der Waals surface area (Å²) in [6.07, 6.45) is 3.06. The number of thiocarbonyl (C=S) groups is 1. The summed E-state index contributed by atoms with van der Waals surface area (Å²) in [5, 5.41) is 17.4. The zero-order valence-electron chi connectivity index (χ0n) is 20.5. The van der Waals surface area contributed by atoms with E-state index < -0.39 is 10.8 Å². The number of hydrogen-bond acceptors (Lipinski definition) is 7. The summed E-state index contributed by atoms with van der Waals surface area (Å²) in [5.41, 5.74) is 1.33. The van der Waals surface area contributed by atoms with Crippen molar-refractivity contribution in [3.05, 3.63) is 62.7 Å². The molecule has 0 unspecified atom stereocenters.